The van der Waals surface area contributed by atoms with E-state index in [1.165, 1.54) is 11.1 Å². The van der Waals surface area contributed by atoms with Gasteiger partial charge < -0.3 is 4.74 Å². The number of aromatic nitrogens is 1. The summed E-state index contributed by atoms with van der Waals surface area (Å²) in [4.78, 5) is 4.24. The van der Waals surface area contributed by atoms with Gasteiger partial charge in [0.25, 0.3) is 0 Å². The molecule has 0 bridgehead atoms. The molecule has 2 aromatic rings. The molecule has 0 fully saturated rings. The maximum absolute atomic E-state index is 5.30. The number of hydrogen-bond donors (Lipinski definition) is 0. The minimum Gasteiger partial charge on any atom is -0.478 e. The van der Waals surface area contributed by atoms with Gasteiger partial charge in [-0.05, 0) is 24.5 Å². The Morgan fingerprint density at radius 2 is 1.81 bits per heavy atom. The van der Waals surface area contributed by atoms with Crippen LogP contribution in [0.1, 0.15) is 18.1 Å². The topological polar surface area (TPSA) is 22.1 Å². The summed E-state index contributed by atoms with van der Waals surface area (Å²) in [5.41, 5.74) is 2.50. The number of pyridine rings is 1. The van der Waals surface area contributed by atoms with Crippen LogP contribution in [0.2, 0.25) is 0 Å². The molecular formula is C14H15NO. The number of ether oxygens (including phenoxy) is 1. The van der Waals surface area contributed by atoms with Crippen molar-refractivity contribution in [1.29, 1.82) is 0 Å². The van der Waals surface area contributed by atoms with Crippen molar-refractivity contribution < 1.29 is 4.74 Å². The molecule has 0 saturated carbocycles. The summed E-state index contributed by atoms with van der Waals surface area (Å²) in [6.45, 7) is 2.62. The molecule has 2 heteroatoms. The van der Waals surface area contributed by atoms with Gasteiger partial charge in [-0.3, -0.25) is 0 Å². The molecular weight excluding hydrogens is 198 g/mol. The Balaban J connectivity index is 2.05. The van der Waals surface area contributed by atoms with E-state index in [9.17, 15) is 0 Å². The first-order chi connectivity index (χ1) is 7.88. The maximum Gasteiger partial charge on any atom is 0.213 e. The third kappa shape index (κ3) is 2.83. The lowest BCUT2D eigenvalue weighted by molar-refractivity contribution is 0.326. The molecule has 1 heterocycles. The summed E-state index contributed by atoms with van der Waals surface area (Å²) in [7, 11) is 0. The molecule has 0 atom stereocenters. The van der Waals surface area contributed by atoms with Crippen LogP contribution in [0.4, 0.5) is 0 Å². The highest BCUT2D eigenvalue weighted by Gasteiger charge is 1.97. The van der Waals surface area contributed by atoms with Crippen LogP contribution in [-0.4, -0.2) is 11.6 Å². The van der Waals surface area contributed by atoms with Gasteiger partial charge in [-0.2, -0.15) is 0 Å². The van der Waals surface area contributed by atoms with Crippen LogP contribution in [0.5, 0.6) is 5.88 Å². The maximum atomic E-state index is 5.30. The zero-order valence-corrected chi connectivity index (χ0v) is 9.39. The van der Waals surface area contributed by atoms with Crippen molar-refractivity contribution in [3.8, 4) is 5.88 Å². The molecule has 0 spiro atoms. The lowest BCUT2D eigenvalue weighted by atomic mass is 10.1. The molecule has 1 aromatic heterocycles. The van der Waals surface area contributed by atoms with Gasteiger partial charge in [0.05, 0.1) is 6.61 Å². The lowest BCUT2D eigenvalue weighted by Crippen LogP contribution is -1.95. The monoisotopic (exact) mass is 213 g/mol. The summed E-state index contributed by atoms with van der Waals surface area (Å²) < 4.78 is 5.30. The predicted octanol–water partition coefficient (Wildman–Crippen LogP) is 3.07. The van der Waals surface area contributed by atoms with Crippen LogP contribution in [0.25, 0.3) is 0 Å². The highest BCUT2D eigenvalue weighted by atomic mass is 16.5. The smallest absolute Gasteiger partial charge is 0.213 e. The summed E-state index contributed by atoms with van der Waals surface area (Å²) in [5, 5.41) is 0. The number of hydrogen-bond acceptors (Lipinski definition) is 2. The van der Waals surface area contributed by atoms with E-state index in [0.717, 1.165) is 6.42 Å². The Morgan fingerprint density at radius 1 is 1.00 bits per heavy atom. The normalized spacial score (nSPS) is 10.1. The summed E-state index contributed by atoms with van der Waals surface area (Å²) in [5.74, 6) is 0.694. The van der Waals surface area contributed by atoms with E-state index in [2.05, 4.69) is 35.3 Å². The highest BCUT2D eigenvalue weighted by Crippen LogP contribution is 2.11. The van der Waals surface area contributed by atoms with Crippen molar-refractivity contribution in [3.63, 3.8) is 0 Å². The fourth-order valence-corrected chi connectivity index (χ4v) is 1.58. The Morgan fingerprint density at radius 3 is 2.44 bits per heavy atom. The SMILES string of the molecule is CCOc1ccc(Cc2ccccc2)cn1. The summed E-state index contributed by atoms with van der Waals surface area (Å²) in [6.07, 6.45) is 2.79. The minimum atomic E-state index is 0.658. The van der Waals surface area contributed by atoms with E-state index in [1.807, 2.05) is 25.3 Å². The molecule has 0 aliphatic rings. The Bertz CT molecular complexity index is 422. The van der Waals surface area contributed by atoms with Crippen LogP contribution < -0.4 is 4.74 Å². The van der Waals surface area contributed by atoms with Crippen LogP contribution in [0.15, 0.2) is 48.7 Å². The summed E-state index contributed by atoms with van der Waals surface area (Å²) >= 11 is 0. The first-order valence-electron chi connectivity index (χ1n) is 5.50. The van der Waals surface area contributed by atoms with Crippen LogP contribution >= 0.6 is 0 Å². The van der Waals surface area contributed by atoms with Crippen molar-refractivity contribution in [3.05, 3.63) is 59.8 Å². The van der Waals surface area contributed by atoms with Crippen LogP contribution in [0, 0.1) is 0 Å². The molecule has 2 rings (SSSR count). The molecule has 0 N–H and O–H groups in total. The van der Waals surface area contributed by atoms with Crippen LogP contribution in [-0.2, 0) is 6.42 Å². The number of nitrogens with zero attached hydrogens (tertiary/aromatic N) is 1. The third-order valence-electron chi connectivity index (χ3n) is 2.34. The van der Waals surface area contributed by atoms with Crippen LogP contribution in [0.3, 0.4) is 0 Å². The minimum absolute atomic E-state index is 0.658. The van der Waals surface area contributed by atoms with Crippen molar-refractivity contribution in [2.24, 2.45) is 0 Å². The van der Waals surface area contributed by atoms with E-state index in [0.29, 0.717) is 12.5 Å². The zero-order chi connectivity index (χ0) is 11.2. The van der Waals surface area contributed by atoms with Gasteiger partial charge in [0.15, 0.2) is 0 Å². The lowest BCUT2D eigenvalue weighted by Gasteiger charge is -2.04. The van der Waals surface area contributed by atoms with Gasteiger partial charge in [-0.15, -0.1) is 0 Å². The van der Waals surface area contributed by atoms with Crippen molar-refractivity contribution in [1.82, 2.24) is 4.98 Å². The fraction of sp³-hybridized carbons (Fsp3) is 0.214. The molecule has 0 saturated heterocycles. The molecule has 0 radical (unpaired) electrons. The summed E-state index contributed by atoms with van der Waals surface area (Å²) in [6, 6.07) is 14.4. The van der Waals surface area contributed by atoms with Crippen molar-refractivity contribution in [2.45, 2.75) is 13.3 Å². The van der Waals surface area contributed by atoms with Crippen molar-refractivity contribution >= 4 is 0 Å². The quantitative estimate of drug-likeness (QED) is 0.778. The molecule has 82 valence electrons. The zero-order valence-electron chi connectivity index (χ0n) is 9.39. The second-order valence-electron chi connectivity index (χ2n) is 3.60. The van der Waals surface area contributed by atoms with Crippen molar-refractivity contribution in [2.75, 3.05) is 6.61 Å². The fourth-order valence-electron chi connectivity index (χ4n) is 1.58. The number of rotatable bonds is 4. The molecule has 0 aliphatic heterocycles. The molecule has 0 unspecified atom stereocenters. The second kappa shape index (κ2) is 5.31. The molecule has 2 nitrogen and oxygen atoms in total. The van der Waals surface area contributed by atoms with Gasteiger partial charge >= 0.3 is 0 Å². The standard InChI is InChI=1S/C14H15NO/c1-2-16-14-9-8-13(11-15-14)10-12-6-4-3-5-7-12/h3-9,11H,2,10H2,1H3. The van der Waals surface area contributed by atoms with Gasteiger partial charge in [0.2, 0.25) is 5.88 Å². The van der Waals surface area contributed by atoms with Gasteiger partial charge in [-0.1, -0.05) is 36.4 Å². The molecule has 0 aliphatic carbocycles. The van der Waals surface area contributed by atoms with Gasteiger partial charge in [-0.25, -0.2) is 4.98 Å². The highest BCUT2D eigenvalue weighted by molar-refractivity contribution is 5.26. The van der Waals surface area contributed by atoms with E-state index >= 15 is 0 Å². The third-order valence-corrected chi connectivity index (χ3v) is 2.34. The average Bonchev–Trinajstić information content (AvgIpc) is 2.33. The molecule has 16 heavy (non-hydrogen) atoms. The first-order valence-corrected chi connectivity index (χ1v) is 5.50. The largest absolute Gasteiger partial charge is 0.478 e. The molecule has 1 aromatic carbocycles. The Hall–Kier alpha value is -1.83. The predicted molar refractivity (Wildman–Crippen MR) is 64.7 cm³/mol. The number of benzene rings is 1. The average molecular weight is 213 g/mol. The Kier molecular flexibility index (Phi) is 3.54. The first kappa shape index (κ1) is 10.7. The van der Waals surface area contributed by atoms with E-state index in [-0.39, 0.29) is 0 Å². The van der Waals surface area contributed by atoms with Gasteiger partial charge in [0.1, 0.15) is 0 Å². The van der Waals surface area contributed by atoms with E-state index < -0.39 is 0 Å². The van der Waals surface area contributed by atoms with E-state index in [1.54, 1.807) is 0 Å². The van der Waals surface area contributed by atoms with Gasteiger partial charge in [0, 0.05) is 12.3 Å². The second-order valence-corrected chi connectivity index (χ2v) is 3.60. The Labute approximate surface area is 95.9 Å². The molecule has 0 amide bonds. The van der Waals surface area contributed by atoms with E-state index in [4.69, 9.17) is 4.74 Å².